The number of likely N-dealkylation sites (tertiary alicyclic amines) is 1. The molecule has 5 nitrogen and oxygen atoms in total. The Labute approximate surface area is 196 Å². The fourth-order valence-electron chi connectivity index (χ4n) is 4.68. The summed E-state index contributed by atoms with van der Waals surface area (Å²) < 4.78 is 6.82. The van der Waals surface area contributed by atoms with E-state index in [9.17, 15) is 9.90 Å². The minimum atomic E-state index is -2.07. The van der Waals surface area contributed by atoms with Crippen LogP contribution in [-0.2, 0) is 21.6 Å². The maximum Gasteiger partial charge on any atom is 0.304 e. The van der Waals surface area contributed by atoms with Crippen LogP contribution in [0.3, 0.4) is 0 Å². The zero-order valence-electron chi connectivity index (χ0n) is 19.2. The van der Waals surface area contributed by atoms with Gasteiger partial charge in [-0.25, -0.2) is 0 Å². The Kier molecular flexibility index (Phi) is 7.21. The van der Waals surface area contributed by atoms with E-state index in [-0.39, 0.29) is 6.10 Å². The predicted molar refractivity (Wildman–Crippen MR) is 126 cm³/mol. The number of pyridine rings is 1. The molecular formula is C28H32N2O3. The highest BCUT2D eigenvalue weighted by Crippen LogP contribution is 2.30. The van der Waals surface area contributed by atoms with Crippen molar-refractivity contribution in [3.05, 3.63) is 102 Å². The van der Waals surface area contributed by atoms with Gasteiger partial charge in [-0.1, -0.05) is 66.7 Å². The van der Waals surface area contributed by atoms with Gasteiger partial charge in [-0.05, 0) is 29.7 Å². The van der Waals surface area contributed by atoms with E-state index in [0.717, 1.165) is 55.5 Å². The Morgan fingerprint density at radius 2 is 1.55 bits per heavy atom. The van der Waals surface area contributed by atoms with Crippen molar-refractivity contribution in [1.82, 2.24) is 4.98 Å². The number of esters is 1. The number of hydrogen-bond acceptors (Lipinski definition) is 4. The van der Waals surface area contributed by atoms with Crippen LogP contribution in [0.15, 0.2) is 85.1 Å². The number of carbonyl (C=O) groups excluding carboxylic acids is 1. The number of rotatable bonds is 8. The second kappa shape index (κ2) is 10.3. The second-order valence-electron chi connectivity index (χ2n) is 9.23. The standard InChI is InChI=1S/C28H32N2O3/c1-30(20-10-16-25-15-8-9-19-29-25)21-17-26(18-22-30)33-27(31)28(32,23-11-4-2-5-12-23)24-13-6-3-7-14-24/h2-9,11-15,19,26H,10,16-18,20-22H2,1H3. The molecule has 2 heterocycles. The largest absolute Gasteiger partial charge is 0.834 e. The number of piperidine rings is 1. The molecule has 5 heteroatoms. The molecule has 0 N–H and O–H groups in total. The van der Waals surface area contributed by atoms with Crippen LogP contribution in [0.2, 0.25) is 0 Å². The number of carbonyl (C=O) groups is 1. The number of quaternary nitrogens is 1. The lowest BCUT2D eigenvalue weighted by atomic mass is 9.86. The lowest BCUT2D eigenvalue weighted by molar-refractivity contribution is -0.915. The fourth-order valence-corrected chi connectivity index (χ4v) is 4.68. The average Bonchev–Trinajstić information content (AvgIpc) is 2.87. The van der Waals surface area contributed by atoms with E-state index in [1.165, 1.54) is 0 Å². The van der Waals surface area contributed by atoms with Crippen LogP contribution in [0.4, 0.5) is 0 Å². The topological polar surface area (TPSA) is 62.2 Å². The van der Waals surface area contributed by atoms with E-state index in [0.29, 0.717) is 11.1 Å². The summed E-state index contributed by atoms with van der Waals surface area (Å²) in [4.78, 5) is 17.7. The summed E-state index contributed by atoms with van der Waals surface area (Å²) in [6.45, 7) is 2.93. The van der Waals surface area contributed by atoms with Crippen LogP contribution < -0.4 is 5.11 Å². The Balaban J connectivity index is 1.37. The van der Waals surface area contributed by atoms with Gasteiger partial charge in [-0.15, -0.1) is 0 Å². The number of aryl methyl sites for hydroxylation is 1. The maximum absolute atomic E-state index is 14.0. The van der Waals surface area contributed by atoms with Gasteiger partial charge in [0.2, 0.25) is 0 Å². The smallest absolute Gasteiger partial charge is 0.304 e. The Morgan fingerprint density at radius 1 is 0.970 bits per heavy atom. The Bertz CT molecular complexity index is 977. The molecule has 1 fully saturated rings. The molecule has 0 saturated carbocycles. The van der Waals surface area contributed by atoms with Crippen molar-refractivity contribution in [1.29, 1.82) is 0 Å². The van der Waals surface area contributed by atoms with Crippen molar-refractivity contribution in [2.75, 3.05) is 26.7 Å². The lowest BCUT2D eigenvalue weighted by Crippen LogP contribution is -2.54. The van der Waals surface area contributed by atoms with Crippen LogP contribution in [0.5, 0.6) is 0 Å². The van der Waals surface area contributed by atoms with E-state index in [4.69, 9.17) is 4.74 Å². The van der Waals surface area contributed by atoms with Gasteiger partial charge in [-0.3, -0.25) is 9.78 Å². The normalized spacial score (nSPS) is 20.8. The third-order valence-corrected chi connectivity index (χ3v) is 6.76. The zero-order valence-corrected chi connectivity index (χ0v) is 19.2. The van der Waals surface area contributed by atoms with E-state index < -0.39 is 11.6 Å². The highest BCUT2D eigenvalue weighted by molar-refractivity contribution is 5.85. The molecule has 0 unspecified atom stereocenters. The molecule has 0 aliphatic carbocycles. The monoisotopic (exact) mass is 444 g/mol. The summed E-state index contributed by atoms with van der Waals surface area (Å²) in [5.41, 5.74) is -0.123. The molecule has 1 aliphatic rings. The van der Waals surface area contributed by atoms with Crippen molar-refractivity contribution in [2.45, 2.75) is 37.4 Å². The first kappa shape index (κ1) is 23.1. The molecule has 172 valence electrons. The van der Waals surface area contributed by atoms with Crippen molar-refractivity contribution in [3.8, 4) is 0 Å². The summed E-state index contributed by atoms with van der Waals surface area (Å²) >= 11 is 0. The maximum atomic E-state index is 14.0. The summed E-state index contributed by atoms with van der Waals surface area (Å²) in [5, 5.41) is 14.0. The van der Waals surface area contributed by atoms with Crippen LogP contribution >= 0.6 is 0 Å². The van der Waals surface area contributed by atoms with Gasteiger partial charge >= 0.3 is 5.97 Å². The van der Waals surface area contributed by atoms with Crippen molar-refractivity contribution in [3.63, 3.8) is 0 Å². The quantitative estimate of drug-likeness (QED) is 0.394. The first-order valence-electron chi connectivity index (χ1n) is 11.8. The first-order chi connectivity index (χ1) is 16.0. The molecular weight excluding hydrogens is 412 g/mol. The van der Waals surface area contributed by atoms with Crippen molar-refractivity contribution in [2.24, 2.45) is 0 Å². The number of hydrogen-bond donors (Lipinski definition) is 0. The minimum Gasteiger partial charge on any atom is -0.834 e. The SMILES string of the molecule is C[N+]1(CCCc2ccccn2)CCC(OC(=O)C([O-])(c2ccccc2)c2ccccc2)CC1. The average molecular weight is 445 g/mol. The number of ether oxygens (including phenoxy) is 1. The zero-order chi connectivity index (χ0) is 23.2. The molecule has 3 aromatic rings. The summed E-state index contributed by atoms with van der Waals surface area (Å²) in [7, 11) is 2.27. The lowest BCUT2D eigenvalue weighted by Gasteiger charge is -2.43. The fraction of sp³-hybridized carbons (Fsp3) is 0.357. The summed E-state index contributed by atoms with van der Waals surface area (Å²) in [6.07, 6.45) is 5.20. The van der Waals surface area contributed by atoms with E-state index in [2.05, 4.69) is 18.1 Å². The molecule has 2 aromatic carbocycles. The number of nitrogens with zero attached hydrogens (tertiary/aromatic N) is 2. The highest BCUT2D eigenvalue weighted by Gasteiger charge is 2.36. The van der Waals surface area contributed by atoms with Crippen LogP contribution in [-0.4, -0.2) is 48.2 Å². The van der Waals surface area contributed by atoms with E-state index >= 15 is 0 Å². The predicted octanol–water partition coefficient (Wildman–Crippen LogP) is 3.47. The van der Waals surface area contributed by atoms with Crippen molar-refractivity contribution < 1.29 is 19.1 Å². The summed E-state index contributed by atoms with van der Waals surface area (Å²) in [6, 6.07) is 23.7. The molecule has 0 spiro atoms. The van der Waals surface area contributed by atoms with Crippen LogP contribution in [0.25, 0.3) is 0 Å². The van der Waals surface area contributed by atoms with Gasteiger partial charge < -0.3 is 14.3 Å². The second-order valence-corrected chi connectivity index (χ2v) is 9.23. The van der Waals surface area contributed by atoms with Crippen LogP contribution in [0.1, 0.15) is 36.1 Å². The van der Waals surface area contributed by atoms with Gasteiger partial charge in [-0.2, -0.15) is 0 Å². The van der Waals surface area contributed by atoms with E-state index in [1.807, 2.05) is 30.5 Å². The van der Waals surface area contributed by atoms with Gasteiger partial charge in [0.05, 0.1) is 26.7 Å². The van der Waals surface area contributed by atoms with E-state index in [1.54, 1.807) is 48.5 Å². The molecule has 1 saturated heterocycles. The molecule has 4 rings (SSSR count). The number of aromatic nitrogens is 1. The molecule has 0 atom stereocenters. The molecule has 33 heavy (non-hydrogen) atoms. The molecule has 0 amide bonds. The summed E-state index contributed by atoms with van der Waals surface area (Å²) in [5.74, 6) is -0.712. The van der Waals surface area contributed by atoms with Gasteiger partial charge in [0.25, 0.3) is 0 Å². The van der Waals surface area contributed by atoms with Gasteiger partial charge in [0, 0.05) is 36.8 Å². The van der Waals surface area contributed by atoms with Crippen molar-refractivity contribution >= 4 is 5.97 Å². The van der Waals surface area contributed by atoms with Gasteiger partial charge in [0.1, 0.15) is 6.10 Å². The molecule has 1 aromatic heterocycles. The third kappa shape index (κ3) is 5.49. The molecule has 0 radical (unpaired) electrons. The molecule has 1 aliphatic heterocycles. The molecule has 0 bridgehead atoms. The third-order valence-electron chi connectivity index (χ3n) is 6.76. The minimum absolute atomic E-state index is 0.222. The van der Waals surface area contributed by atoms with Crippen LogP contribution in [0, 0.1) is 0 Å². The first-order valence-corrected chi connectivity index (χ1v) is 11.8. The Morgan fingerprint density at radius 3 is 2.09 bits per heavy atom. The number of benzene rings is 2. The Hall–Kier alpha value is -3.02. The highest BCUT2D eigenvalue weighted by atomic mass is 16.6. The van der Waals surface area contributed by atoms with Gasteiger partial charge in [0.15, 0.2) is 0 Å².